The van der Waals surface area contributed by atoms with Crippen molar-refractivity contribution in [1.82, 2.24) is 4.90 Å². The van der Waals surface area contributed by atoms with Crippen LogP contribution in [0, 0.1) is 0 Å². The van der Waals surface area contributed by atoms with E-state index in [1.807, 2.05) is 31.3 Å². The first-order chi connectivity index (χ1) is 9.11. The van der Waals surface area contributed by atoms with E-state index in [4.69, 9.17) is 14.6 Å². The molecule has 5 heteroatoms. The van der Waals surface area contributed by atoms with Crippen LogP contribution in [0.5, 0.6) is 11.5 Å². The minimum atomic E-state index is -0.747. The Balaban J connectivity index is 2.16. The number of carboxylic acid groups (broad SMARTS) is 1. The van der Waals surface area contributed by atoms with Gasteiger partial charge in [-0.05, 0) is 44.3 Å². The fourth-order valence-electron chi connectivity index (χ4n) is 1.60. The number of carboxylic acids is 1. The molecule has 1 aromatic carbocycles. The summed E-state index contributed by atoms with van der Waals surface area (Å²) in [5, 5.41) is 8.54. The average Bonchev–Trinajstić information content (AvgIpc) is 2.39. The molecule has 0 aliphatic heterocycles. The van der Waals surface area contributed by atoms with Crippen LogP contribution >= 0.6 is 0 Å². The second-order valence-electron chi connectivity index (χ2n) is 4.32. The Kier molecular flexibility index (Phi) is 6.74. The Morgan fingerprint density at radius 1 is 1.21 bits per heavy atom. The maximum Gasteiger partial charge on any atom is 0.303 e. The first-order valence-corrected chi connectivity index (χ1v) is 6.29. The lowest BCUT2D eigenvalue weighted by molar-refractivity contribution is -0.137. The molecule has 0 amide bonds. The van der Waals surface area contributed by atoms with Crippen LogP contribution in [0.15, 0.2) is 24.3 Å². The van der Waals surface area contributed by atoms with Crippen molar-refractivity contribution in [2.75, 3.05) is 33.9 Å². The molecule has 0 heterocycles. The highest BCUT2D eigenvalue weighted by atomic mass is 16.5. The van der Waals surface area contributed by atoms with E-state index in [0.717, 1.165) is 24.6 Å². The number of hydrogen-bond acceptors (Lipinski definition) is 4. The molecule has 0 aliphatic carbocycles. The van der Waals surface area contributed by atoms with Gasteiger partial charge in [-0.25, -0.2) is 0 Å². The van der Waals surface area contributed by atoms with Gasteiger partial charge in [-0.1, -0.05) is 0 Å². The standard InChI is InChI=1S/C14H21NO4/c1-15(9-3-4-14(16)17)10-11-19-13-7-5-12(18-2)6-8-13/h5-8H,3-4,9-11H2,1-2H3,(H,16,17). The molecule has 0 bridgehead atoms. The molecule has 0 aliphatic rings. The molecular weight excluding hydrogens is 246 g/mol. The number of nitrogens with zero attached hydrogens (tertiary/aromatic N) is 1. The monoisotopic (exact) mass is 267 g/mol. The van der Waals surface area contributed by atoms with Crippen LogP contribution in [0.4, 0.5) is 0 Å². The van der Waals surface area contributed by atoms with Gasteiger partial charge in [-0.3, -0.25) is 4.79 Å². The number of carbonyl (C=O) groups is 1. The molecule has 19 heavy (non-hydrogen) atoms. The molecule has 106 valence electrons. The summed E-state index contributed by atoms with van der Waals surface area (Å²) in [6.45, 7) is 2.11. The molecular formula is C14H21NO4. The lowest BCUT2D eigenvalue weighted by Gasteiger charge is -2.16. The van der Waals surface area contributed by atoms with Crippen molar-refractivity contribution in [1.29, 1.82) is 0 Å². The van der Waals surface area contributed by atoms with E-state index in [0.29, 0.717) is 13.0 Å². The topological polar surface area (TPSA) is 59.0 Å². The lowest BCUT2D eigenvalue weighted by atomic mass is 10.3. The number of hydrogen-bond donors (Lipinski definition) is 1. The average molecular weight is 267 g/mol. The summed E-state index contributed by atoms with van der Waals surface area (Å²) >= 11 is 0. The summed E-state index contributed by atoms with van der Waals surface area (Å²) in [5.41, 5.74) is 0. The molecule has 1 aromatic rings. The number of likely N-dealkylation sites (N-methyl/N-ethyl adjacent to an activating group) is 1. The van der Waals surface area contributed by atoms with Crippen molar-refractivity contribution in [2.24, 2.45) is 0 Å². The first kappa shape index (κ1) is 15.3. The molecule has 0 saturated heterocycles. The number of methoxy groups -OCH3 is 1. The van der Waals surface area contributed by atoms with E-state index < -0.39 is 5.97 Å². The zero-order valence-electron chi connectivity index (χ0n) is 11.5. The molecule has 0 fully saturated rings. The Hall–Kier alpha value is -1.75. The van der Waals surface area contributed by atoms with Crippen molar-refractivity contribution >= 4 is 5.97 Å². The molecule has 0 aromatic heterocycles. The number of rotatable bonds is 9. The van der Waals surface area contributed by atoms with E-state index in [9.17, 15) is 4.79 Å². The van der Waals surface area contributed by atoms with Crippen molar-refractivity contribution in [3.05, 3.63) is 24.3 Å². The summed E-state index contributed by atoms with van der Waals surface area (Å²) in [6, 6.07) is 7.43. The molecule has 0 saturated carbocycles. The minimum absolute atomic E-state index is 0.212. The van der Waals surface area contributed by atoms with Crippen LogP contribution in [-0.2, 0) is 4.79 Å². The fraction of sp³-hybridized carbons (Fsp3) is 0.500. The van der Waals surface area contributed by atoms with Gasteiger partial charge in [-0.2, -0.15) is 0 Å². The number of aliphatic carboxylic acids is 1. The van der Waals surface area contributed by atoms with Gasteiger partial charge < -0.3 is 19.5 Å². The summed E-state index contributed by atoms with van der Waals surface area (Å²) in [7, 11) is 3.58. The van der Waals surface area contributed by atoms with Gasteiger partial charge in [0.2, 0.25) is 0 Å². The molecule has 5 nitrogen and oxygen atoms in total. The van der Waals surface area contributed by atoms with E-state index in [1.165, 1.54) is 0 Å². The molecule has 1 rings (SSSR count). The summed E-state index contributed by atoms with van der Waals surface area (Å²) in [6.07, 6.45) is 0.873. The van der Waals surface area contributed by atoms with Crippen molar-refractivity contribution in [3.8, 4) is 11.5 Å². The van der Waals surface area contributed by atoms with E-state index in [2.05, 4.69) is 4.90 Å². The van der Waals surface area contributed by atoms with Crippen LogP contribution in [-0.4, -0.2) is 49.8 Å². The van der Waals surface area contributed by atoms with Crippen LogP contribution in [0.1, 0.15) is 12.8 Å². The molecule has 0 unspecified atom stereocenters. The van der Waals surface area contributed by atoms with Gasteiger partial charge in [0.15, 0.2) is 0 Å². The third kappa shape index (κ3) is 6.67. The highest BCUT2D eigenvalue weighted by molar-refractivity contribution is 5.66. The van der Waals surface area contributed by atoms with Gasteiger partial charge >= 0.3 is 5.97 Å². The van der Waals surface area contributed by atoms with Crippen molar-refractivity contribution in [2.45, 2.75) is 12.8 Å². The predicted octanol–water partition coefficient (Wildman–Crippen LogP) is 1.87. The Labute approximate surface area is 113 Å². The third-order valence-electron chi connectivity index (χ3n) is 2.73. The van der Waals surface area contributed by atoms with Gasteiger partial charge in [0.05, 0.1) is 7.11 Å². The van der Waals surface area contributed by atoms with E-state index in [1.54, 1.807) is 7.11 Å². The highest BCUT2D eigenvalue weighted by Gasteiger charge is 2.02. The van der Waals surface area contributed by atoms with Crippen molar-refractivity contribution in [3.63, 3.8) is 0 Å². The highest BCUT2D eigenvalue weighted by Crippen LogP contribution is 2.16. The zero-order chi connectivity index (χ0) is 14.1. The molecule has 0 atom stereocenters. The van der Waals surface area contributed by atoms with Gasteiger partial charge in [-0.15, -0.1) is 0 Å². The van der Waals surface area contributed by atoms with Crippen molar-refractivity contribution < 1.29 is 19.4 Å². The summed E-state index contributed by atoms with van der Waals surface area (Å²) in [5.74, 6) is 0.862. The van der Waals surface area contributed by atoms with Crippen LogP contribution in [0.2, 0.25) is 0 Å². The maximum absolute atomic E-state index is 10.4. The SMILES string of the molecule is COc1ccc(OCCN(C)CCCC(=O)O)cc1. The van der Waals surface area contributed by atoms with Crippen LogP contribution in [0.25, 0.3) is 0 Å². The van der Waals surface area contributed by atoms with Crippen LogP contribution < -0.4 is 9.47 Å². The van der Waals surface area contributed by atoms with E-state index in [-0.39, 0.29) is 6.42 Å². The zero-order valence-corrected chi connectivity index (χ0v) is 11.5. The fourth-order valence-corrected chi connectivity index (χ4v) is 1.60. The second-order valence-corrected chi connectivity index (χ2v) is 4.32. The maximum atomic E-state index is 10.4. The van der Waals surface area contributed by atoms with E-state index >= 15 is 0 Å². The predicted molar refractivity (Wildman–Crippen MR) is 72.9 cm³/mol. The second kappa shape index (κ2) is 8.37. The lowest BCUT2D eigenvalue weighted by Crippen LogP contribution is -2.25. The number of ether oxygens (including phenoxy) is 2. The smallest absolute Gasteiger partial charge is 0.303 e. The first-order valence-electron chi connectivity index (χ1n) is 6.29. The van der Waals surface area contributed by atoms with Crippen LogP contribution in [0.3, 0.4) is 0 Å². The minimum Gasteiger partial charge on any atom is -0.497 e. The quantitative estimate of drug-likeness (QED) is 0.740. The Morgan fingerprint density at radius 3 is 2.42 bits per heavy atom. The summed E-state index contributed by atoms with van der Waals surface area (Å²) < 4.78 is 10.7. The Morgan fingerprint density at radius 2 is 1.84 bits per heavy atom. The molecule has 0 spiro atoms. The van der Waals surface area contributed by atoms with Gasteiger partial charge in [0.1, 0.15) is 18.1 Å². The van der Waals surface area contributed by atoms with Gasteiger partial charge in [0, 0.05) is 13.0 Å². The Bertz CT molecular complexity index is 378. The molecule has 0 radical (unpaired) electrons. The normalized spacial score (nSPS) is 10.5. The summed E-state index contributed by atoms with van der Waals surface area (Å²) in [4.78, 5) is 12.4. The van der Waals surface area contributed by atoms with Gasteiger partial charge in [0.25, 0.3) is 0 Å². The number of benzene rings is 1. The third-order valence-corrected chi connectivity index (χ3v) is 2.73. The molecule has 1 N–H and O–H groups in total. The largest absolute Gasteiger partial charge is 0.497 e.